The summed E-state index contributed by atoms with van der Waals surface area (Å²) in [6.45, 7) is 7.25. The van der Waals surface area contributed by atoms with E-state index in [1.54, 1.807) is 0 Å². The van der Waals surface area contributed by atoms with Gasteiger partial charge in [-0.3, -0.25) is 4.79 Å². The van der Waals surface area contributed by atoms with Gasteiger partial charge in [-0.15, -0.1) is 0 Å². The number of benzene rings is 2. The number of hydrogen-bond donors (Lipinski definition) is 2. The summed E-state index contributed by atoms with van der Waals surface area (Å²) in [4.78, 5) is 24.7. The number of hydrogen-bond acceptors (Lipinski definition) is 5. The van der Waals surface area contributed by atoms with Crippen LogP contribution in [0, 0.1) is 20.8 Å². The van der Waals surface area contributed by atoms with Gasteiger partial charge in [-0.05, 0) is 70.1 Å². The number of carbonyl (C=O) groups is 2. The predicted molar refractivity (Wildman–Crippen MR) is 107 cm³/mol. The van der Waals surface area contributed by atoms with Crippen molar-refractivity contribution >= 4 is 27.6 Å². The lowest BCUT2D eigenvalue weighted by Crippen LogP contribution is -2.30. The summed E-state index contributed by atoms with van der Waals surface area (Å²) in [5, 5.41) is 2.80. The summed E-state index contributed by atoms with van der Waals surface area (Å²) >= 11 is 0. The summed E-state index contributed by atoms with van der Waals surface area (Å²) in [5.41, 5.74) is 3.78. The van der Waals surface area contributed by atoms with Gasteiger partial charge < -0.3 is 10.1 Å². The topological polar surface area (TPSA) is 102 Å². The number of carbonyl (C=O) groups excluding carboxylic acids is 2. The van der Waals surface area contributed by atoms with Gasteiger partial charge in [0.25, 0.3) is 5.91 Å². The Morgan fingerprint density at radius 1 is 1.00 bits per heavy atom. The molecule has 150 valence electrons. The summed E-state index contributed by atoms with van der Waals surface area (Å²) in [7, 11) is -2.29. The number of rotatable bonds is 6. The summed E-state index contributed by atoms with van der Waals surface area (Å²) < 4.78 is 30.8. The van der Waals surface area contributed by atoms with E-state index in [0.29, 0.717) is 5.69 Å². The smallest absolute Gasteiger partial charge is 0.338 e. The fourth-order valence-electron chi connectivity index (χ4n) is 2.77. The van der Waals surface area contributed by atoms with E-state index in [2.05, 4.69) is 10.0 Å². The van der Waals surface area contributed by atoms with Crippen LogP contribution < -0.4 is 10.0 Å². The lowest BCUT2D eigenvalue weighted by atomic mass is 10.0. The number of nitrogens with one attached hydrogen (secondary N) is 2. The average Bonchev–Trinajstić information content (AvgIpc) is 2.64. The molecular formula is C20H24N2O5S. The molecule has 0 spiro atoms. The van der Waals surface area contributed by atoms with Gasteiger partial charge in [0, 0.05) is 5.69 Å². The van der Waals surface area contributed by atoms with Gasteiger partial charge in [0.2, 0.25) is 10.0 Å². The Morgan fingerprint density at radius 3 is 2.04 bits per heavy atom. The number of amides is 1. The highest BCUT2D eigenvalue weighted by molar-refractivity contribution is 7.89. The maximum atomic E-state index is 12.4. The van der Waals surface area contributed by atoms with E-state index in [4.69, 9.17) is 4.74 Å². The van der Waals surface area contributed by atoms with Crippen LogP contribution in [0.5, 0.6) is 0 Å². The normalized spacial score (nSPS) is 12.3. The van der Waals surface area contributed by atoms with Gasteiger partial charge in [0.15, 0.2) is 6.10 Å². The zero-order valence-electron chi connectivity index (χ0n) is 16.5. The van der Waals surface area contributed by atoms with Gasteiger partial charge in [0.1, 0.15) is 0 Å². The maximum absolute atomic E-state index is 12.4. The minimum absolute atomic E-state index is 0.0302. The van der Waals surface area contributed by atoms with Gasteiger partial charge in [0.05, 0.1) is 10.5 Å². The van der Waals surface area contributed by atoms with E-state index < -0.39 is 28.0 Å². The van der Waals surface area contributed by atoms with E-state index in [9.17, 15) is 18.0 Å². The molecule has 0 heterocycles. The zero-order chi connectivity index (χ0) is 21.1. The first-order valence-corrected chi connectivity index (χ1v) is 10.2. The van der Waals surface area contributed by atoms with Crippen molar-refractivity contribution in [3.63, 3.8) is 0 Å². The second kappa shape index (κ2) is 8.53. The number of sulfonamides is 1. The highest BCUT2D eigenvalue weighted by Gasteiger charge is 2.21. The first-order valence-electron chi connectivity index (χ1n) is 8.68. The van der Waals surface area contributed by atoms with Crippen LogP contribution in [0.2, 0.25) is 0 Å². The van der Waals surface area contributed by atoms with E-state index in [0.717, 1.165) is 16.7 Å². The van der Waals surface area contributed by atoms with Crippen LogP contribution in [0.1, 0.15) is 34.0 Å². The quantitative estimate of drug-likeness (QED) is 0.721. The third-order valence-electron chi connectivity index (χ3n) is 4.25. The molecule has 0 aliphatic carbocycles. The van der Waals surface area contributed by atoms with Crippen molar-refractivity contribution in [3.8, 4) is 0 Å². The van der Waals surface area contributed by atoms with Gasteiger partial charge in [-0.1, -0.05) is 17.7 Å². The molecule has 0 bridgehead atoms. The minimum atomic E-state index is -3.59. The minimum Gasteiger partial charge on any atom is -0.449 e. The largest absolute Gasteiger partial charge is 0.449 e. The van der Waals surface area contributed by atoms with Crippen LogP contribution in [-0.2, 0) is 19.6 Å². The van der Waals surface area contributed by atoms with Gasteiger partial charge in [-0.25, -0.2) is 17.9 Å². The van der Waals surface area contributed by atoms with Crippen LogP contribution in [0.25, 0.3) is 0 Å². The van der Waals surface area contributed by atoms with Crippen molar-refractivity contribution in [2.45, 2.75) is 38.7 Å². The first kappa shape index (κ1) is 21.6. The number of ether oxygens (including phenoxy) is 1. The molecule has 1 unspecified atom stereocenters. The van der Waals surface area contributed by atoms with E-state index in [1.165, 1.54) is 38.2 Å². The van der Waals surface area contributed by atoms with Crippen molar-refractivity contribution < 1.29 is 22.7 Å². The van der Waals surface area contributed by atoms with Crippen molar-refractivity contribution in [3.05, 3.63) is 58.7 Å². The SMILES string of the molecule is CNS(=O)(=O)c1ccc(C(=O)OC(C)C(=O)Nc2c(C)cc(C)cc2C)cc1. The molecule has 0 aromatic heterocycles. The second-order valence-corrected chi connectivity index (χ2v) is 8.43. The third kappa shape index (κ3) is 4.96. The summed E-state index contributed by atoms with van der Waals surface area (Å²) in [6, 6.07) is 9.19. The average molecular weight is 404 g/mol. The van der Waals surface area contributed by atoms with E-state index in [-0.39, 0.29) is 10.5 Å². The molecule has 2 aromatic rings. The highest BCUT2D eigenvalue weighted by Crippen LogP contribution is 2.22. The molecule has 0 aliphatic rings. The lowest BCUT2D eigenvalue weighted by molar-refractivity contribution is -0.123. The number of anilines is 1. The molecule has 0 aliphatic heterocycles. The molecule has 1 atom stereocenters. The Kier molecular flexibility index (Phi) is 6.58. The molecule has 2 rings (SSSR count). The molecule has 2 aromatic carbocycles. The molecule has 0 radical (unpaired) electrons. The Bertz CT molecular complexity index is 975. The third-order valence-corrected chi connectivity index (χ3v) is 5.68. The van der Waals surface area contributed by atoms with Crippen molar-refractivity contribution in [2.24, 2.45) is 0 Å². The van der Waals surface area contributed by atoms with Gasteiger partial charge in [-0.2, -0.15) is 0 Å². The van der Waals surface area contributed by atoms with Gasteiger partial charge >= 0.3 is 5.97 Å². The standard InChI is InChI=1S/C20H24N2O5S/c1-12-10-13(2)18(14(3)11-12)22-19(23)15(4)27-20(24)16-6-8-17(9-7-16)28(25,26)21-5/h6-11,15,21H,1-5H3,(H,22,23). The Hall–Kier alpha value is -2.71. The number of esters is 1. The highest BCUT2D eigenvalue weighted by atomic mass is 32.2. The van der Waals surface area contributed by atoms with Crippen molar-refractivity contribution in [1.29, 1.82) is 0 Å². The predicted octanol–water partition coefficient (Wildman–Crippen LogP) is 2.70. The molecule has 0 saturated heterocycles. The molecule has 2 N–H and O–H groups in total. The summed E-state index contributed by atoms with van der Waals surface area (Å²) in [5.74, 6) is -1.16. The van der Waals surface area contributed by atoms with Crippen LogP contribution in [0.3, 0.4) is 0 Å². The molecule has 28 heavy (non-hydrogen) atoms. The fourth-order valence-corrected chi connectivity index (χ4v) is 3.50. The molecular weight excluding hydrogens is 380 g/mol. The zero-order valence-corrected chi connectivity index (χ0v) is 17.3. The van der Waals surface area contributed by atoms with E-state index >= 15 is 0 Å². The van der Waals surface area contributed by atoms with Crippen molar-refractivity contribution in [1.82, 2.24) is 4.72 Å². The Morgan fingerprint density at radius 2 is 1.54 bits per heavy atom. The van der Waals surface area contributed by atoms with Crippen LogP contribution in [-0.4, -0.2) is 33.4 Å². The monoisotopic (exact) mass is 404 g/mol. The lowest BCUT2D eigenvalue weighted by Gasteiger charge is -2.17. The second-order valence-electron chi connectivity index (χ2n) is 6.54. The Labute approximate surface area is 165 Å². The fraction of sp³-hybridized carbons (Fsp3) is 0.300. The molecule has 7 nitrogen and oxygen atoms in total. The summed E-state index contributed by atoms with van der Waals surface area (Å²) in [6.07, 6.45) is -1.02. The maximum Gasteiger partial charge on any atom is 0.338 e. The first-order chi connectivity index (χ1) is 13.0. The van der Waals surface area contributed by atoms with Crippen LogP contribution in [0.15, 0.2) is 41.3 Å². The molecule has 1 amide bonds. The van der Waals surface area contributed by atoms with Crippen LogP contribution >= 0.6 is 0 Å². The van der Waals surface area contributed by atoms with E-state index in [1.807, 2.05) is 32.9 Å². The number of aryl methyl sites for hydroxylation is 3. The van der Waals surface area contributed by atoms with Crippen molar-refractivity contribution in [2.75, 3.05) is 12.4 Å². The molecule has 0 fully saturated rings. The van der Waals surface area contributed by atoms with Crippen LogP contribution in [0.4, 0.5) is 5.69 Å². The molecule has 0 saturated carbocycles. The molecule has 8 heteroatoms. The Balaban J connectivity index is 2.07.